The molecule has 0 aliphatic rings. The fraction of sp³-hybridized carbons (Fsp3) is 0.188. The van der Waals surface area contributed by atoms with Crippen molar-refractivity contribution in [2.75, 3.05) is 0 Å². The van der Waals surface area contributed by atoms with Gasteiger partial charge in [-0.2, -0.15) is 0 Å². The lowest BCUT2D eigenvalue weighted by atomic mass is 9.78. The summed E-state index contributed by atoms with van der Waals surface area (Å²) in [5, 5.41) is 9.35. The van der Waals surface area contributed by atoms with Gasteiger partial charge in [0, 0.05) is 17.0 Å². The largest absolute Gasteiger partial charge is 0.508 e. The lowest BCUT2D eigenvalue weighted by Crippen LogP contribution is -2.18. The highest BCUT2D eigenvalue weighted by atomic mass is 35.5. The average molecular weight is 291 g/mol. The van der Waals surface area contributed by atoms with Crippen LogP contribution in [0.5, 0.6) is 11.5 Å². The van der Waals surface area contributed by atoms with Crippen LogP contribution in [-0.4, -0.2) is 10.5 Å². The van der Waals surface area contributed by atoms with Crippen LogP contribution in [-0.2, 0) is 5.41 Å². The Morgan fingerprint density at radius 1 is 1.00 bits per heavy atom. The molecule has 1 N–H and O–H groups in total. The summed E-state index contributed by atoms with van der Waals surface area (Å²) in [4.78, 5) is 10.7. The third-order valence-electron chi connectivity index (χ3n) is 3.36. The van der Waals surface area contributed by atoms with Crippen LogP contribution < -0.4 is 4.74 Å². The Balaban J connectivity index is 2.29. The van der Waals surface area contributed by atoms with Crippen LogP contribution in [0.4, 0.5) is 4.79 Å². The highest BCUT2D eigenvalue weighted by Crippen LogP contribution is 2.33. The first-order valence-electron chi connectivity index (χ1n) is 6.17. The minimum Gasteiger partial charge on any atom is -0.508 e. The SMILES string of the molecule is CC(C)(c1ccc(O)cc1)c1ccc(OC(=O)Cl)cc1. The normalized spacial score (nSPS) is 11.2. The smallest absolute Gasteiger partial charge is 0.409 e. The van der Waals surface area contributed by atoms with Gasteiger partial charge >= 0.3 is 5.43 Å². The van der Waals surface area contributed by atoms with Crippen LogP contribution in [0.25, 0.3) is 0 Å². The predicted molar refractivity (Wildman–Crippen MR) is 78.6 cm³/mol. The molecule has 0 atom stereocenters. The monoisotopic (exact) mass is 290 g/mol. The Kier molecular flexibility index (Phi) is 4.00. The van der Waals surface area contributed by atoms with E-state index in [1.54, 1.807) is 24.3 Å². The molecule has 0 aromatic heterocycles. The van der Waals surface area contributed by atoms with Crippen molar-refractivity contribution in [3.05, 3.63) is 59.7 Å². The molecule has 0 unspecified atom stereocenters. The second kappa shape index (κ2) is 5.55. The van der Waals surface area contributed by atoms with E-state index >= 15 is 0 Å². The summed E-state index contributed by atoms with van der Waals surface area (Å²) in [6.07, 6.45) is 0. The molecule has 20 heavy (non-hydrogen) atoms. The molecule has 104 valence electrons. The molecule has 0 fully saturated rings. The number of aromatic hydroxyl groups is 1. The summed E-state index contributed by atoms with van der Waals surface area (Å²) in [7, 11) is 0. The number of carbonyl (C=O) groups excluding carboxylic acids is 1. The molecule has 0 aliphatic heterocycles. The standard InChI is InChI=1S/C16H15ClO3/c1-16(2,11-3-7-13(18)8-4-11)12-5-9-14(10-6-12)20-15(17)19/h3-10,18H,1-2H3. The molecule has 4 heteroatoms. The second-order valence-electron chi connectivity index (χ2n) is 5.04. The van der Waals surface area contributed by atoms with Gasteiger partial charge in [-0.1, -0.05) is 38.1 Å². The van der Waals surface area contributed by atoms with E-state index in [0.717, 1.165) is 11.1 Å². The number of ether oxygens (including phenoxy) is 1. The number of carbonyl (C=O) groups is 1. The molecule has 0 aliphatic carbocycles. The number of rotatable bonds is 3. The van der Waals surface area contributed by atoms with Crippen LogP contribution in [0.2, 0.25) is 0 Å². The lowest BCUT2D eigenvalue weighted by molar-refractivity contribution is 0.225. The summed E-state index contributed by atoms with van der Waals surface area (Å²) in [5.41, 5.74) is 1.07. The van der Waals surface area contributed by atoms with Crippen molar-refractivity contribution in [1.29, 1.82) is 0 Å². The first-order valence-corrected chi connectivity index (χ1v) is 6.55. The number of halogens is 1. The van der Waals surface area contributed by atoms with E-state index in [2.05, 4.69) is 13.8 Å². The van der Waals surface area contributed by atoms with E-state index in [9.17, 15) is 9.90 Å². The van der Waals surface area contributed by atoms with Gasteiger partial charge in [-0.05, 0) is 35.4 Å². The molecule has 0 spiro atoms. The third kappa shape index (κ3) is 3.11. The predicted octanol–water partition coefficient (Wildman–Crippen LogP) is 4.46. The molecule has 0 heterocycles. The zero-order valence-electron chi connectivity index (χ0n) is 11.3. The highest BCUT2D eigenvalue weighted by molar-refractivity contribution is 6.61. The zero-order valence-corrected chi connectivity index (χ0v) is 12.0. The van der Waals surface area contributed by atoms with Crippen LogP contribution in [0.15, 0.2) is 48.5 Å². The molecular formula is C16H15ClO3. The second-order valence-corrected chi connectivity index (χ2v) is 5.34. The summed E-state index contributed by atoms with van der Waals surface area (Å²) in [6.45, 7) is 4.17. The van der Waals surface area contributed by atoms with Crippen molar-refractivity contribution >= 4 is 17.0 Å². The van der Waals surface area contributed by atoms with Crippen molar-refractivity contribution in [1.82, 2.24) is 0 Å². The maximum Gasteiger partial charge on any atom is 0.409 e. The average Bonchev–Trinajstić information content (AvgIpc) is 2.39. The number of benzene rings is 2. The van der Waals surface area contributed by atoms with Gasteiger partial charge in [-0.25, -0.2) is 4.79 Å². The molecule has 2 aromatic carbocycles. The van der Waals surface area contributed by atoms with Gasteiger partial charge in [-0.15, -0.1) is 0 Å². The van der Waals surface area contributed by atoms with Crippen LogP contribution in [0.3, 0.4) is 0 Å². The fourth-order valence-corrected chi connectivity index (χ4v) is 2.17. The molecule has 0 amide bonds. The number of phenols is 1. The van der Waals surface area contributed by atoms with Crippen molar-refractivity contribution in [3.63, 3.8) is 0 Å². The van der Waals surface area contributed by atoms with Crippen molar-refractivity contribution < 1.29 is 14.6 Å². The molecule has 0 radical (unpaired) electrons. The summed E-state index contributed by atoms with van der Waals surface area (Å²) in [6, 6.07) is 14.3. The number of hydrogen-bond donors (Lipinski definition) is 1. The quantitative estimate of drug-likeness (QED) is 0.849. The maximum absolute atomic E-state index is 10.7. The first-order chi connectivity index (χ1) is 9.39. The molecule has 0 saturated carbocycles. The maximum atomic E-state index is 10.7. The fourth-order valence-electron chi connectivity index (χ4n) is 2.08. The van der Waals surface area contributed by atoms with Crippen molar-refractivity contribution in [2.24, 2.45) is 0 Å². The Bertz CT molecular complexity index is 601. The summed E-state index contributed by atoms with van der Waals surface area (Å²) < 4.78 is 4.80. The van der Waals surface area contributed by atoms with Gasteiger partial charge in [0.15, 0.2) is 0 Å². The first kappa shape index (κ1) is 14.4. The van der Waals surface area contributed by atoms with Crippen LogP contribution in [0.1, 0.15) is 25.0 Å². The van der Waals surface area contributed by atoms with E-state index in [0.29, 0.717) is 5.75 Å². The van der Waals surface area contributed by atoms with Crippen LogP contribution >= 0.6 is 11.6 Å². The van der Waals surface area contributed by atoms with Gasteiger partial charge in [0.2, 0.25) is 0 Å². The molecule has 2 aromatic rings. The number of phenolic OH excluding ortho intramolecular Hbond substituents is 1. The molecule has 0 bridgehead atoms. The van der Waals surface area contributed by atoms with Crippen LogP contribution in [0, 0.1) is 0 Å². The lowest BCUT2D eigenvalue weighted by Gasteiger charge is -2.26. The van der Waals surface area contributed by atoms with E-state index in [1.165, 1.54) is 0 Å². The van der Waals surface area contributed by atoms with Gasteiger partial charge in [-0.3, -0.25) is 0 Å². The van der Waals surface area contributed by atoms with Gasteiger partial charge in [0.25, 0.3) is 0 Å². The summed E-state index contributed by atoms with van der Waals surface area (Å²) >= 11 is 5.17. The minimum absolute atomic E-state index is 0.225. The minimum atomic E-state index is -0.851. The Hall–Kier alpha value is -2.00. The van der Waals surface area contributed by atoms with Crippen molar-refractivity contribution in [2.45, 2.75) is 19.3 Å². The Morgan fingerprint density at radius 2 is 1.45 bits per heavy atom. The Morgan fingerprint density at radius 3 is 1.90 bits per heavy atom. The van der Waals surface area contributed by atoms with E-state index in [1.807, 2.05) is 24.3 Å². The molecular weight excluding hydrogens is 276 g/mol. The van der Waals surface area contributed by atoms with E-state index < -0.39 is 5.43 Å². The van der Waals surface area contributed by atoms with E-state index in [-0.39, 0.29) is 11.2 Å². The molecule has 3 nitrogen and oxygen atoms in total. The van der Waals surface area contributed by atoms with Gasteiger partial charge in [0.05, 0.1) is 0 Å². The zero-order chi connectivity index (χ0) is 14.8. The third-order valence-corrected chi connectivity index (χ3v) is 3.44. The molecule has 0 saturated heterocycles. The highest BCUT2D eigenvalue weighted by Gasteiger charge is 2.23. The topological polar surface area (TPSA) is 46.5 Å². The van der Waals surface area contributed by atoms with E-state index in [4.69, 9.17) is 16.3 Å². The van der Waals surface area contributed by atoms with Crippen molar-refractivity contribution in [3.8, 4) is 11.5 Å². The van der Waals surface area contributed by atoms with Gasteiger partial charge < -0.3 is 9.84 Å². The molecule has 2 rings (SSSR count). The number of hydrogen-bond acceptors (Lipinski definition) is 3. The van der Waals surface area contributed by atoms with Gasteiger partial charge in [0.1, 0.15) is 11.5 Å². The summed E-state index contributed by atoms with van der Waals surface area (Å²) in [5.74, 6) is 0.657. The Labute approximate surface area is 122 Å².